The van der Waals surface area contributed by atoms with Crippen LogP contribution in [0.25, 0.3) is 5.65 Å². The predicted molar refractivity (Wildman–Crippen MR) is 93.0 cm³/mol. The molecule has 0 radical (unpaired) electrons. The lowest BCUT2D eigenvalue weighted by Crippen LogP contribution is -2.27. The summed E-state index contributed by atoms with van der Waals surface area (Å²) in [7, 11) is -1.67. The maximum atomic E-state index is 12.6. The molecule has 1 aromatic carbocycles. The number of amides is 1. The second kappa shape index (κ2) is 5.99. The summed E-state index contributed by atoms with van der Waals surface area (Å²) in [4.78, 5) is 22.5. The quantitative estimate of drug-likeness (QED) is 0.662. The van der Waals surface area contributed by atoms with E-state index in [-0.39, 0.29) is 16.5 Å². The van der Waals surface area contributed by atoms with Crippen LogP contribution in [0.5, 0.6) is 0 Å². The Kier molecular flexibility index (Phi) is 4.14. The van der Waals surface area contributed by atoms with E-state index in [4.69, 9.17) is 0 Å². The van der Waals surface area contributed by atoms with Crippen LogP contribution in [0.3, 0.4) is 0 Å². The molecule has 0 aliphatic carbocycles. The Bertz CT molecular complexity index is 1030. The van der Waals surface area contributed by atoms with Crippen molar-refractivity contribution in [1.82, 2.24) is 14.4 Å². The van der Waals surface area contributed by atoms with E-state index in [1.54, 1.807) is 36.0 Å². The number of sulfone groups is 1. The van der Waals surface area contributed by atoms with Crippen molar-refractivity contribution in [3.8, 4) is 0 Å². The first kappa shape index (κ1) is 16.6. The lowest BCUT2D eigenvalue weighted by atomic mass is 10.3. The van der Waals surface area contributed by atoms with Crippen molar-refractivity contribution >= 4 is 43.0 Å². The molecule has 7 nitrogen and oxygen atoms in total. The molecule has 2 aromatic heterocycles. The summed E-state index contributed by atoms with van der Waals surface area (Å²) in [6, 6.07) is 6.11. The molecule has 2 heterocycles. The third-order valence-electron chi connectivity index (χ3n) is 3.53. The highest BCUT2D eigenvalue weighted by Crippen LogP contribution is 2.19. The second-order valence-corrected chi connectivity index (χ2v) is 8.04. The van der Waals surface area contributed by atoms with Gasteiger partial charge in [0.05, 0.1) is 17.3 Å². The van der Waals surface area contributed by atoms with Crippen LogP contribution in [0, 0.1) is 0 Å². The zero-order valence-electron chi connectivity index (χ0n) is 12.8. The average Bonchev–Trinajstić information content (AvgIpc) is 2.93. The summed E-state index contributed by atoms with van der Waals surface area (Å²) < 4.78 is 25.4. The fraction of sp³-hybridized carbons (Fsp3) is 0.133. The molecule has 0 unspecified atom stereocenters. The molecule has 3 aromatic rings. The molecule has 0 spiro atoms. The van der Waals surface area contributed by atoms with Gasteiger partial charge in [-0.3, -0.25) is 9.20 Å². The van der Waals surface area contributed by atoms with Gasteiger partial charge >= 0.3 is 0 Å². The van der Waals surface area contributed by atoms with E-state index < -0.39 is 9.84 Å². The maximum absolute atomic E-state index is 12.6. The van der Waals surface area contributed by atoms with Gasteiger partial charge in [-0.1, -0.05) is 0 Å². The van der Waals surface area contributed by atoms with Crippen LogP contribution in [-0.4, -0.2) is 42.0 Å². The topological polar surface area (TPSA) is 84.6 Å². The fourth-order valence-corrected chi connectivity index (χ4v) is 3.19. The van der Waals surface area contributed by atoms with Gasteiger partial charge in [-0.15, -0.1) is 0 Å². The Balaban J connectivity index is 1.91. The molecular formula is C15H13BrN4O3S. The Labute approximate surface area is 147 Å². The van der Waals surface area contributed by atoms with Crippen molar-refractivity contribution in [3.63, 3.8) is 0 Å². The Morgan fingerprint density at radius 3 is 2.46 bits per heavy atom. The summed E-state index contributed by atoms with van der Waals surface area (Å²) in [6.45, 7) is 0. The highest BCUT2D eigenvalue weighted by atomic mass is 79.9. The van der Waals surface area contributed by atoms with E-state index in [1.807, 2.05) is 0 Å². The summed E-state index contributed by atoms with van der Waals surface area (Å²) in [6.07, 6.45) is 5.87. The van der Waals surface area contributed by atoms with Gasteiger partial charge in [0.1, 0.15) is 10.3 Å². The van der Waals surface area contributed by atoms with Gasteiger partial charge in [0.2, 0.25) is 0 Å². The summed E-state index contributed by atoms with van der Waals surface area (Å²) in [5.74, 6) is -0.315. The van der Waals surface area contributed by atoms with Crippen LogP contribution in [0.2, 0.25) is 0 Å². The molecule has 0 atom stereocenters. The fourth-order valence-electron chi connectivity index (χ4n) is 2.18. The van der Waals surface area contributed by atoms with Gasteiger partial charge in [0.25, 0.3) is 5.91 Å². The third kappa shape index (κ3) is 3.04. The lowest BCUT2D eigenvalue weighted by molar-refractivity contribution is 0.0988. The number of aromatic nitrogens is 3. The van der Waals surface area contributed by atoms with Gasteiger partial charge in [0, 0.05) is 25.2 Å². The van der Waals surface area contributed by atoms with Gasteiger partial charge in [-0.05, 0) is 40.2 Å². The van der Waals surface area contributed by atoms with Crippen molar-refractivity contribution in [2.75, 3.05) is 18.2 Å². The number of nitrogens with zero attached hydrogens (tertiary/aromatic N) is 4. The minimum absolute atomic E-state index is 0.203. The predicted octanol–water partition coefficient (Wildman–Crippen LogP) is 2.17. The molecule has 3 rings (SSSR count). The molecule has 24 heavy (non-hydrogen) atoms. The highest BCUT2D eigenvalue weighted by molar-refractivity contribution is 9.10. The SMILES string of the molecule is CN(C(=O)c1cn2c(Br)cnc2cn1)c1ccc(S(C)(=O)=O)cc1. The van der Waals surface area contributed by atoms with E-state index in [1.165, 1.54) is 23.2 Å². The smallest absolute Gasteiger partial charge is 0.278 e. The number of halogens is 1. The number of carbonyl (C=O) groups is 1. The summed E-state index contributed by atoms with van der Waals surface area (Å²) in [5.41, 5.74) is 1.44. The maximum Gasteiger partial charge on any atom is 0.278 e. The number of anilines is 1. The number of rotatable bonds is 3. The van der Waals surface area contributed by atoms with E-state index in [9.17, 15) is 13.2 Å². The molecule has 0 N–H and O–H groups in total. The molecule has 0 aliphatic rings. The zero-order valence-corrected chi connectivity index (χ0v) is 15.2. The van der Waals surface area contributed by atoms with E-state index >= 15 is 0 Å². The Hall–Kier alpha value is -2.26. The molecule has 0 fully saturated rings. The molecule has 1 amide bonds. The third-order valence-corrected chi connectivity index (χ3v) is 5.24. The van der Waals surface area contributed by atoms with Gasteiger partial charge in [-0.2, -0.15) is 0 Å². The van der Waals surface area contributed by atoms with Gasteiger partial charge < -0.3 is 4.90 Å². The zero-order chi connectivity index (χ0) is 17.5. The van der Waals surface area contributed by atoms with Gasteiger partial charge in [0.15, 0.2) is 15.5 Å². The number of benzene rings is 1. The van der Waals surface area contributed by atoms with Gasteiger partial charge in [-0.25, -0.2) is 18.4 Å². The highest BCUT2D eigenvalue weighted by Gasteiger charge is 2.17. The molecule has 0 saturated carbocycles. The van der Waals surface area contributed by atoms with E-state index in [0.717, 1.165) is 6.26 Å². The molecule has 0 bridgehead atoms. The molecule has 0 saturated heterocycles. The lowest BCUT2D eigenvalue weighted by Gasteiger charge is -2.17. The first-order valence-corrected chi connectivity index (χ1v) is 9.52. The number of hydrogen-bond acceptors (Lipinski definition) is 5. The number of imidazole rings is 1. The number of hydrogen-bond donors (Lipinski definition) is 0. The molecule has 124 valence electrons. The monoisotopic (exact) mass is 408 g/mol. The number of carbonyl (C=O) groups excluding carboxylic acids is 1. The van der Waals surface area contributed by atoms with Crippen LogP contribution in [0.15, 0.2) is 52.4 Å². The van der Waals surface area contributed by atoms with Crippen LogP contribution in [0.1, 0.15) is 10.5 Å². The molecule has 9 heteroatoms. The first-order chi connectivity index (χ1) is 11.3. The van der Waals surface area contributed by atoms with Crippen LogP contribution in [-0.2, 0) is 9.84 Å². The molecule has 0 aliphatic heterocycles. The van der Waals surface area contributed by atoms with Crippen molar-refractivity contribution in [1.29, 1.82) is 0 Å². The largest absolute Gasteiger partial charge is 0.310 e. The van der Waals surface area contributed by atoms with E-state index in [2.05, 4.69) is 25.9 Å². The minimum Gasteiger partial charge on any atom is -0.310 e. The normalized spacial score (nSPS) is 11.6. The van der Waals surface area contributed by atoms with Crippen LogP contribution < -0.4 is 4.90 Å². The van der Waals surface area contributed by atoms with Crippen molar-refractivity contribution in [2.24, 2.45) is 0 Å². The Morgan fingerprint density at radius 1 is 1.17 bits per heavy atom. The Morgan fingerprint density at radius 2 is 1.83 bits per heavy atom. The van der Waals surface area contributed by atoms with Crippen LogP contribution in [0.4, 0.5) is 5.69 Å². The van der Waals surface area contributed by atoms with E-state index in [0.29, 0.717) is 15.9 Å². The van der Waals surface area contributed by atoms with Crippen molar-refractivity contribution in [3.05, 3.63) is 53.2 Å². The summed E-state index contributed by atoms with van der Waals surface area (Å²) in [5, 5.41) is 0. The average molecular weight is 409 g/mol. The standard InChI is InChI=1S/C15H13BrN4O3S/c1-19(10-3-5-11(6-4-10)24(2,22)23)15(21)12-9-20-13(16)7-18-14(20)8-17-12/h3-9H,1-2H3. The first-order valence-electron chi connectivity index (χ1n) is 6.84. The second-order valence-electron chi connectivity index (χ2n) is 5.21. The number of fused-ring (bicyclic) bond motifs is 1. The van der Waals surface area contributed by atoms with Crippen LogP contribution >= 0.6 is 15.9 Å². The minimum atomic E-state index is -3.27. The van der Waals surface area contributed by atoms with Crippen molar-refractivity contribution < 1.29 is 13.2 Å². The molecular weight excluding hydrogens is 396 g/mol. The van der Waals surface area contributed by atoms with Crippen molar-refractivity contribution in [2.45, 2.75) is 4.90 Å². The summed E-state index contributed by atoms with van der Waals surface area (Å²) >= 11 is 3.35.